The van der Waals surface area contributed by atoms with Crippen LogP contribution in [0, 0.1) is 11.3 Å². The van der Waals surface area contributed by atoms with E-state index in [0.29, 0.717) is 23.6 Å². The topological polar surface area (TPSA) is 70.7 Å². The van der Waals surface area contributed by atoms with E-state index in [-0.39, 0.29) is 35.6 Å². The lowest BCUT2D eigenvalue weighted by molar-refractivity contribution is -0.118. The summed E-state index contributed by atoms with van der Waals surface area (Å²) in [5.74, 6) is 0.611. The van der Waals surface area contributed by atoms with Gasteiger partial charge in [0.25, 0.3) is 5.91 Å². The van der Waals surface area contributed by atoms with Crippen LogP contribution in [-0.4, -0.2) is 50.5 Å². The molecule has 1 spiro atoms. The fourth-order valence-corrected chi connectivity index (χ4v) is 3.71. The summed E-state index contributed by atoms with van der Waals surface area (Å²) in [6, 6.07) is 5.19. The molecule has 26 heavy (non-hydrogen) atoms. The molecule has 1 aromatic rings. The monoisotopic (exact) mass is 381 g/mol. The third-order valence-corrected chi connectivity index (χ3v) is 5.30. The standard InChI is InChI=1S/C19H27N3O3.ClH/c1-4-25-16-11-13(18(24)22(2)3)5-6-15(16)21-17(23)14-12-19(14)7-9-20-10-8-19;/h5-6,11,14,20H,4,7-10,12H2,1-3H3,(H,21,23);1H. The third kappa shape index (κ3) is 4.13. The summed E-state index contributed by atoms with van der Waals surface area (Å²) in [6.45, 7) is 4.35. The lowest BCUT2D eigenvalue weighted by Gasteiger charge is -2.23. The average molecular weight is 382 g/mol. The first-order valence-corrected chi connectivity index (χ1v) is 8.97. The molecule has 1 aliphatic heterocycles. The van der Waals surface area contributed by atoms with Gasteiger partial charge in [-0.25, -0.2) is 0 Å². The molecule has 1 saturated heterocycles. The molecule has 1 unspecified atom stereocenters. The normalized spacial score (nSPS) is 20.0. The summed E-state index contributed by atoms with van der Waals surface area (Å²) in [4.78, 5) is 26.3. The zero-order valence-corrected chi connectivity index (χ0v) is 16.4. The minimum absolute atomic E-state index is 0. The molecule has 2 aliphatic rings. The van der Waals surface area contributed by atoms with Crippen molar-refractivity contribution in [1.29, 1.82) is 0 Å². The van der Waals surface area contributed by atoms with Crippen LogP contribution < -0.4 is 15.4 Å². The number of halogens is 1. The predicted molar refractivity (Wildman–Crippen MR) is 104 cm³/mol. The van der Waals surface area contributed by atoms with Crippen LogP contribution in [0.15, 0.2) is 18.2 Å². The number of nitrogens with one attached hydrogen (secondary N) is 2. The molecule has 1 heterocycles. The highest BCUT2D eigenvalue weighted by Gasteiger charge is 2.57. The van der Waals surface area contributed by atoms with Gasteiger partial charge in [0.2, 0.25) is 5.91 Å². The molecular formula is C19H28ClN3O3. The van der Waals surface area contributed by atoms with Crippen molar-refractivity contribution < 1.29 is 14.3 Å². The van der Waals surface area contributed by atoms with Gasteiger partial charge in [-0.1, -0.05) is 0 Å². The van der Waals surface area contributed by atoms with Crippen molar-refractivity contribution in [3.8, 4) is 5.75 Å². The van der Waals surface area contributed by atoms with Gasteiger partial charge >= 0.3 is 0 Å². The summed E-state index contributed by atoms with van der Waals surface area (Å²) in [7, 11) is 3.42. The van der Waals surface area contributed by atoms with Crippen molar-refractivity contribution in [2.45, 2.75) is 26.2 Å². The van der Waals surface area contributed by atoms with Crippen LogP contribution in [0.4, 0.5) is 5.69 Å². The Kier molecular flexibility index (Phi) is 6.53. The Morgan fingerprint density at radius 3 is 2.62 bits per heavy atom. The maximum absolute atomic E-state index is 12.7. The number of ether oxygens (including phenoxy) is 1. The van der Waals surface area contributed by atoms with Gasteiger partial charge in [0.05, 0.1) is 12.3 Å². The second-order valence-corrected chi connectivity index (χ2v) is 7.20. The number of piperidine rings is 1. The molecule has 3 rings (SSSR count). The van der Waals surface area contributed by atoms with E-state index in [1.165, 1.54) is 4.90 Å². The molecule has 0 aromatic heterocycles. The van der Waals surface area contributed by atoms with Gasteiger partial charge in [-0.15, -0.1) is 12.4 Å². The summed E-state index contributed by atoms with van der Waals surface area (Å²) in [5, 5.41) is 6.37. The fraction of sp³-hybridized carbons (Fsp3) is 0.579. The Labute approximate surface area is 161 Å². The molecule has 2 amide bonds. The molecule has 2 N–H and O–H groups in total. The lowest BCUT2D eigenvalue weighted by atomic mass is 9.92. The van der Waals surface area contributed by atoms with E-state index in [2.05, 4.69) is 10.6 Å². The van der Waals surface area contributed by atoms with Crippen LogP contribution in [0.5, 0.6) is 5.75 Å². The highest BCUT2D eigenvalue weighted by atomic mass is 35.5. The van der Waals surface area contributed by atoms with E-state index in [4.69, 9.17) is 4.74 Å². The van der Waals surface area contributed by atoms with Crippen LogP contribution in [0.1, 0.15) is 36.5 Å². The third-order valence-electron chi connectivity index (χ3n) is 5.30. The summed E-state index contributed by atoms with van der Waals surface area (Å²) in [6.07, 6.45) is 3.11. The number of rotatable bonds is 5. The van der Waals surface area contributed by atoms with Crippen molar-refractivity contribution >= 4 is 29.9 Å². The lowest BCUT2D eigenvalue weighted by Crippen LogP contribution is -2.31. The summed E-state index contributed by atoms with van der Waals surface area (Å²) in [5.41, 5.74) is 1.38. The Morgan fingerprint density at radius 2 is 2.00 bits per heavy atom. The molecule has 1 aromatic carbocycles. The number of anilines is 1. The summed E-state index contributed by atoms with van der Waals surface area (Å²) < 4.78 is 5.65. The van der Waals surface area contributed by atoms with E-state index >= 15 is 0 Å². The van der Waals surface area contributed by atoms with Gasteiger partial charge in [0, 0.05) is 25.6 Å². The number of hydrogen-bond acceptors (Lipinski definition) is 4. The van der Waals surface area contributed by atoms with E-state index < -0.39 is 0 Å². The van der Waals surface area contributed by atoms with Crippen LogP contribution in [0.3, 0.4) is 0 Å². The van der Waals surface area contributed by atoms with Crippen LogP contribution in [-0.2, 0) is 4.79 Å². The van der Waals surface area contributed by atoms with Crippen molar-refractivity contribution in [2.75, 3.05) is 39.1 Å². The highest BCUT2D eigenvalue weighted by Crippen LogP contribution is 2.58. The SMILES string of the molecule is CCOc1cc(C(=O)N(C)C)ccc1NC(=O)C1CC12CCNCC2.Cl. The summed E-state index contributed by atoms with van der Waals surface area (Å²) >= 11 is 0. The van der Waals surface area contributed by atoms with Gasteiger partial charge in [0.1, 0.15) is 5.75 Å². The Bertz CT molecular complexity index is 672. The van der Waals surface area contributed by atoms with E-state index in [9.17, 15) is 9.59 Å². The fourth-order valence-electron chi connectivity index (χ4n) is 3.71. The highest BCUT2D eigenvalue weighted by molar-refractivity contribution is 5.98. The maximum Gasteiger partial charge on any atom is 0.253 e. The molecule has 2 fully saturated rings. The van der Waals surface area contributed by atoms with Crippen molar-refractivity contribution in [3.05, 3.63) is 23.8 Å². The molecule has 1 aliphatic carbocycles. The first-order chi connectivity index (χ1) is 12.0. The molecule has 7 heteroatoms. The molecule has 1 atom stereocenters. The first-order valence-electron chi connectivity index (χ1n) is 8.97. The average Bonchev–Trinajstić information content (AvgIpc) is 3.29. The predicted octanol–water partition coefficient (Wildman–Crippen LogP) is 2.54. The van der Waals surface area contributed by atoms with Crippen molar-refractivity contribution in [2.24, 2.45) is 11.3 Å². The van der Waals surface area contributed by atoms with Crippen molar-refractivity contribution in [1.82, 2.24) is 10.2 Å². The molecular weight excluding hydrogens is 354 g/mol. The second kappa shape index (κ2) is 8.27. The van der Waals surface area contributed by atoms with Gasteiger partial charge in [-0.05, 0) is 62.9 Å². The van der Waals surface area contributed by atoms with Gasteiger partial charge < -0.3 is 20.3 Å². The molecule has 6 nitrogen and oxygen atoms in total. The van der Waals surface area contributed by atoms with Crippen LogP contribution in [0.25, 0.3) is 0 Å². The minimum atomic E-state index is -0.0883. The largest absolute Gasteiger partial charge is 0.492 e. The molecule has 144 valence electrons. The Hall–Kier alpha value is -1.79. The van der Waals surface area contributed by atoms with Crippen molar-refractivity contribution in [3.63, 3.8) is 0 Å². The minimum Gasteiger partial charge on any atom is -0.492 e. The quantitative estimate of drug-likeness (QED) is 0.822. The van der Waals surface area contributed by atoms with Gasteiger partial charge in [-0.3, -0.25) is 9.59 Å². The number of amides is 2. The number of carbonyl (C=O) groups excluding carboxylic acids is 2. The van der Waals surface area contributed by atoms with Crippen LogP contribution >= 0.6 is 12.4 Å². The van der Waals surface area contributed by atoms with Gasteiger partial charge in [0.15, 0.2) is 0 Å². The van der Waals surface area contributed by atoms with Crippen LogP contribution in [0.2, 0.25) is 0 Å². The molecule has 0 radical (unpaired) electrons. The smallest absolute Gasteiger partial charge is 0.253 e. The van der Waals surface area contributed by atoms with Gasteiger partial charge in [-0.2, -0.15) is 0 Å². The second-order valence-electron chi connectivity index (χ2n) is 7.20. The zero-order chi connectivity index (χ0) is 18.0. The Morgan fingerprint density at radius 1 is 1.31 bits per heavy atom. The molecule has 0 bridgehead atoms. The first kappa shape index (κ1) is 20.5. The van der Waals surface area contributed by atoms with E-state index in [1.807, 2.05) is 6.92 Å². The zero-order valence-electron chi connectivity index (χ0n) is 15.6. The van der Waals surface area contributed by atoms with E-state index in [1.54, 1.807) is 32.3 Å². The number of carbonyl (C=O) groups is 2. The number of benzene rings is 1. The maximum atomic E-state index is 12.7. The Balaban J connectivity index is 0.00000243. The number of hydrogen-bond donors (Lipinski definition) is 2. The number of nitrogens with zero attached hydrogens (tertiary/aromatic N) is 1. The van der Waals surface area contributed by atoms with E-state index in [0.717, 1.165) is 32.4 Å². The molecule has 1 saturated carbocycles.